The van der Waals surface area contributed by atoms with Crippen molar-refractivity contribution in [2.24, 2.45) is 11.8 Å². The van der Waals surface area contributed by atoms with Crippen LogP contribution in [0.2, 0.25) is 5.02 Å². The minimum absolute atomic E-state index is 0.0702. The number of amides is 2. The molecule has 1 aliphatic heterocycles. The number of hydrogen-bond donors (Lipinski definition) is 2. The third-order valence-corrected chi connectivity index (χ3v) is 5.90. The summed E-state index contributed by atoms with van der Waals surface area (Å²) in [6, 6.07) is 3.81. The van der Waals surface area contributed by atoms with Crippen molar-refractivity contribution in [2.45, 2.75) is 51.1 Å². The number of halogens is 1. The number of carbonyl (C=O) groups excluding carboxylic acids is 2. The number of nitro groups is 1. The Morgan fingerprint density at radius 2 is 2.19 bits per heavy atom. The Hall–Kier alpha value is -2.15. The van der Waals surface area contributed by atoms with Crippen LogP contribution in [0.3, 0.4) is 0 Å². The molecule has 0 spiro atoms. The van der Waals surface area contributed by atoms with Crippen LogP contribution in [0.4, 0.5) is 5.69 Å². The van der Waals surface area contributed by atoms with Gasteiger partial charge in [0.2, 0.25) is 5.91 Å². The molecule has 1 saturated heterocycles. The molecule has 26 heavy (non-hydrogen) atoms. The van der Waals surface area contributed by atoms with Crippen LogP contribution in [0.15, 0.2) is 18.2 Å². The van der Waals surface area contributed by atoms with E-state index in [4.69, 9.17) is 11.6 Å². The Balaban J connectivity index is 1.68. The van der Waals surface area contributed by atoms with Crippen molar-refractivity contribution in [1.82, 2.24) is 10.6 Å². The number of fused-ring (bicyclic) bond motifs is 1. The van der Waals surface area contributed by atoms with Crippen molar-refractivity contribution >= 4 is 29.1 Å². The standard InChI is InChI=1S/C18H22ClN3O4/c1-2-10-7-17(23)21-16-8-11(3-5-13(10)16)20-18(24)14-9-12(22(25)26)4-6-15(14)19/h4,6,9-11,13,16H,2-3,5,7-8H2,1H3,(H,20,24)(H,21,23). The van der Waals surface area contributed by atoms with Gasteiger partial charge in [-0.25, -0.2) is 0 Å². The molecule has 1 aliphatic carbocycles. The maximum absolute atomic E-state index is 12.5. The molecule has 8 heteroatoms. The van der Waals surface area contributed by atoms with Crippen LogP contribution in [0.25, 0.3) is 0 Å². The summed E-state index contributed by atoms with van der Waals surface area (Å²) in [5.41, 5.74) is -0.0734. The van der Waals surface area contributed by atoms with Gasteiger partial charge < -0.3 is 10.6 Å². The Labute approximate surface area is 156 Å². The number of benzene rings is 1. The average molecular weight is 380 g/mol. The number of piperidine rings is 1. The molecule has 2 N–H and O–H groups in total. The largest absolute Gasteiger partial charge is 0.353 e. The van der Waals surface area contributed by atoms with E-state index in [1.54, 1.807) is 0 Å². The van der Waals surface area contributed by atoms with Gasteiger partial charge in [0, 0.05) is 30.6 Å². The maximum atomic E-state index is 12.5. The molecular formula is C18H22ClN3O4. The van der Waals surface area contributed by atoms with Gasteiger partial charge in [0.1, 0.15) is 0 Å². The molecular weight excluding hydrogens is 358 g/mol. The van der Waals surface area contributed by atoms with Crippen LogP contribution in [0, 0.1) is 22.0 Å². The Morgan fingerprint density at radius 1 is 1.42 bits per heavy atom. The smallest absolute Gasteiger partial charge is 0.270 e. The lowest BCUT2D eigenvalue weighted by Crippen LogP contribution is -2.55. The van der Waals surface area contributed by atoms with E-state index in [1.165, 1.54) is 18.2 Å². The van der Waals surface area contributed by atoms with Crippen LogP contribution in [-0.4, -0.2) is 28.8 Å². The summed E-state index contributed by atoms with van der Waals surface area (Å²) in [4.78, 5) is 34.8. The Kier molecular flexibility index (Phi) is 5.46. The van der Waals surface area contributed by atoms with Crippen molar-refractivity contribution < 1.29 is 14.5 Å². The predicted octanol–water partition coefficient (Wildman–Crippen LogP) is 3.06. The molecule has 1 aromatic carbocycles. The third kappa shape index (κ3) is 3.82. The molecule has 7 nitrogen and oxygen atoms in total. The van der Waals surface area contributed by atoms with Gasteiger partial charge >= 0.3 is 0 Å². The monoisotopic (exact) mass is 379 g/mol. The summed E-state index contributed by atoms with van der Waals surface area (Å²) in [7, 11) is 0. The van der Waals surface area contributed by atoms with Gasteiger partial charge in [0.05, 0.1) is 15.5 Å². The highest BCUT2D eigenvalue weighted by atomic mass is 35.5. The minimum Gasteiger partial charge on any atom is -0.353 e. The molecule has 140 valence electrons. The van der Waals surface area contributed by atoms with Gasteiger partial charge in [-0.3, -0.25) is 19.7 Å². The first-order chi connectivity index (χ1) is 12.4. The summed E-state index contributed by atoms with van der Waals surface area (Å²) >= 11 is 6.04. The van der Waals surface area contributed by atoms with E-state index < -0.39 is 10.8 Å². The number of rotatable bonds is 4. The van der Waals surface area contributed by atoms with Crippen molar-refractivity contribution in [1.29, 1.82) is 0 Å². The van der Waals surface area contributed by atoms with Crippen molar-refractivity contribution in [3.8, 4) is 0 Å². The second-order valence-corrected chi connectivity index (χ2v) is 7.52. The number of carbonyl (C=O) groups is 2. The zero-order valence-electron chi connectivity index (χ0n) is 14.5. The summed E-state index contributed by atoms with van der Waals surface area (Å²) in [6.45, 7) is 2.11. The highest BCUT2D eigenvalue weighted by molar-refractivity contribution is 6.33. The highest BCUT2D eigenvalue weighted by Gasteiger charge is 2.40. The first-order valence-electron chi connectivity index (χ1n) is 8.93. The van der Waals surface area contributed by atoms with E-state index in [0.717, 1.165) is 19.3 Å². The second-order valence-electron chi connectivity index (χ2n) is 7.12. The fraction of sp³-hybridized carbons (Fsp3) is 0.556. The molecule has 3 rings (SSSR count). The zero-order chi connectivity index (χ0) is 18.8. The quantitative estimate of drug-likeness (QED) is 0.620. The predicted molar refractivity (Wildman–Crippen MR) is 97.0 cm³/mol. The van der Waals surface area contributed by atoms with Crippen molar-refractivity contribution in [2.75, 3.05) is 0 Å². The van der Waals surface area contributed by atoms with Crippen LogP contribution >= 0.6 is 11.6 Å². The Morgan fingerprint density at radius 3 is 2.88 bits per heavy atom. The van der Waals surface area contributed by atoms with E-state index in [2.05, 4.69) is 17.6 Å². The Bertz CT molecular complexity index is 739. The summed E-state index contributed by atoms with van der Waals surface area (Å²) in [6.07, 6.45) is 4.00. The highest BCUT2D eigenvalue weighted by Crippen LogP contribution is 2.37. The summed E-state index contributed by atoms with van der Waals surface area (Å²) in [5.74, 6) is 0.506. The molecule has 1 saturated carbocycles. The van der Waals surface area contributed by atoms with Gasteiger partial charge in [-0.15, -0.1) is 0 Å². The maximum Gasteiger partial charge on any atom is 0.270 e. The number of nitrogens with zero attached hydrogens (tertiary/aromatic N) is 1. The third-order valence-electron chi connectivity index (χ3n) is 5.57. The van der Waals surface area contributed by atoms with Crippen molar-refractivity contribution in [3.05, 3.63) is 38.9 Å². The lowest BCUT2D eigenvalue weighted by atomic mass is 9.70. The fourth-order valence-corrected chi connectivity index (χ4v) is 4.42. The summed E-state index contributed by atoms with van der Waals surface area (Å²) < 4.78 is 0. The number of nitro benzene ring substituents is 1. The molecule has 2 amide bonds. The van der Waals surface area contributed by atoms with Gasteiger partial charge in [-0.2, -0.15) is 0 Å². The molecule has 2 aliphatic rings. The van der Waals surface area contributed by atoms with E-state index in [0.29, 0.717) is 24.7 Å². The van der Waals surface area contributed by atoms with Gasteiger partial charge in [-0.05, 0) is 37.2 Å². The number of hydrogen-bond acceptors (Lipinski definition) is 4. The molecule has 0 radical (unpaired) electrons. The average Bonchev–Trinajstić information content (AvgIpc) is 2.60. The summed E-state index contributed by atoms with van der Waals surface area (Å²) in [5, 5.41) is 17.1. The van der Waals surface area contributed by atoms with Crippen LogP contribution < -0.4 is 10.6 Å². The minimum atomic E-state index is -0.555. The van der Waals surface area contributed by atoms with Gasteiger partial charge in [-0.1, -0.05) is 24.9 Å². The molecule has 1 aromatic rings. The van der Waals surface area contributed by atoms with E-state index in [9.17, 15) is 19.7 Å². The molecule has 2 fully saturated rings. The number of non-ortho nitro benzene ring substituents is 1. The SMILES string of the molecule is CCC1CC(=O)NC2CC(NC(=O)c3cc([N+](=O)[O-])ccc3Cl)CCC12. The number of nitrogens with one attached hydrogen (secondary N) is 2. The topological polar surface area (TPSA) is 101 Å². The van der Waals surface area contributed by atoms with Gasteiger partial charge in [0.25, 0.3) is 11.6 Å². The molecule has 4 unspecified atom stereocenters. The molecule has 0 bridgehead atoms. The molecule has 4 atom stereocenters. The van der Waals surface area contributed by atoms with Crippen LogP contribution in [0.1, 0.15) is 49.4 Å². The normalized spacial score (nSPS) is 28.0. The lowest BCUT2D eigenvalue weighted by Gasteiger charge is -2.44. The first-order valence-corrected chi connectivity index (χ1v) is 9.31. The fourth-order valence-electron chi connectivity index (χ4n) is 4.22. The van der Waals surface area contributed by atoms with Crippen LogP contribution in [0.5, 0.6) is 0 Å². The zero-order valence-corrected chi connectivity index (χ0v) is 15.3. The van der Waals surface area contributed by atoms with E-state index in [-0.39, 0.29) is 34.3 Å². The van der Waals surface area contributed by atoms with Gasteiger partial charge in [0.15, 0.2) is 0 Å². The second kappa shape index (κ2) is 7.61. The molecule has 0 aromatic heterocycles. The van der Waals surface area contributed by atoms with E-state index >= 15 is 0 Å². The van der Waals surface area contributed by atoms with Crippen LogP contribution in [-0.2, 0) is 4.79 Å². The first kappa shape index (κ1) is 18.6. The van der Waals surface area contributed by atoms with E-state index in [1.807, 2.05) is 0 Å². The van der Waals surface area contributed by atoms with Crippen molar-refractivity contribution in [3.63, 3.8) is 0 Å². The molecule has 1 heterocycles. The lowest BCUT2D eigenvalue weighted by molar-refractivity contribution is -0.384.